The van der Waals surface area contributed by atoms with Gasteiger partial charge in [0, 0.05) is 10.6 Å². The highest BCUT2D eigenvalue weighted by Crippen LogP contribution is 2.32. The summed E-state index contributed by atoms with van der Waals surface area (Å²) in [6.45, 7) is 0. The quantitative estimate of drug-likeness (QED) is 0.540. The van der Waals surface area contributed by atoms with Gasteiger partial charge in [-0.25, -0.2) is 0 Å². The molecule has 15 heavy (non-hydrogen) atoms. The Bertz CT molecular complexity index is 439. The van der Waals surface area contributed by atoms with Gasteiger partial charge in [0.25, 0.3) is 0 Å². The molecule has 0 aromatic heterocycles. The minimum Gasteiger partial charge on any atom is -0.468 e. The van der Waals surface area contributed by atoms with Gasteiger partial charge < -0.3 is 4.74 Å². The number of hydrogen-bond acceptors (Lipinski definition) is 3. The van der Waals surface area contributed by atoms with Gasteiger partial charge in [0.2, 0.25) is 0 Å². The zero-order valence-electron chi connectivity index (χ0n) is 8.12. The molecule has 0 bridgehead atoms. The number of esters is 1. The van der Waals surface area contributed by atoms with E-state index in [0.717, 1.165) is 5.56 Å². The molecule has 0 aliphatic heterocycles. The molecule has 1 atom stereocenters. The number of carbonyl (C=O) groups is 2. The van der Waals surface area contributed by atoms with Gasteiger partial charge in [-0.3, -0.25) is 9.59 Å². The van der Waals surface area contributed by atoms with Crippen LogP contribution in [0.4, 0.5) is 0 Å². The van der Waals surface area contributed by atoms with Gasteiger partial charge in [0.1, 0.15) is 5.92 Å². The molecule has 1 aliphatic carbocycles. The summed E-state index contributed by atoms with van der Waals surface area (Å²) in [5.41, 5.74) is 1.29. The van der Waals surface area contributed by atoms with Crippen LogP contribution in [0.25, 0.3) is 0 Å². The number of fused-ring (bicyclic) bond motifs is 1. The first-order valence-corrected chi connectivity index (χ1v) is 4.92. The number of ketones is 1. The Kier molecular flexibility index (Phi) is 2.49. The van der Waals surface area contributed by atoms with Crippen molar-refractivity contribution in [3.8, 4) is 0 Å². The van der Waals surface area contributed by atoms with E-state index >= 15 is 0 Å². The van der Waals surface area contributed by atoms with Crippen LogP contribution in [0.2, 0.25) is 5.02 Å². The van der Waals surface area contributed by atoms with Crippen molar-refractivity contribution >= 4 is 23.4 Å². The number of benzene rings is 1. The van der Waals surface area contributed by atoms with Gasteiger partial charge in [-0.1, -0.05) is 23.7 Å². The lowest BCUT2D eigenvalue weighted by atomic mass is 10.1. The van der Waals surface area contributed by atoms with E-state index in [1.54, 1.807) is 18.2 Å². The fourth-order valence-electron chi connectivity index (χ4n) is 1.81. The van der Waals surface area contributed by atoms with Crippen molar-refractivity contribution < 1.29 is 14.3 Å². The molecular weight excluding hydrogens is 216 g/mol. The van der Waals surface area contributed by atoms with Crippen LogP contribution in [0.1, 0.15) is 15.9 Å². The summed E-state index contributed by atoms with van der Waals surface area (Å²) in [7, 11) is 1.28. The fraction of sp³-hybridized carbons (Fsp3) is 0.273. The fourth-order valence-corrected chi connectivity index (χ4v) is 2.07. The standard InChI is InChI=1S/C11H9ClO3/c1-15-11(14)8-5-7-6(10(8)13)3-2-4-9(7)12/h2-4,8H,5H2,1H3. The maximum absolute atomic E-state index is 11.8. The second-order valence-electron chi connectivity index (χ2n) is 3.41. The van der Waals surface area contributed by atoms with Crippen molar-refractivity contribution in [3.63, 3.8) is 0 Å². The van der Waals surface area contributed by atoms with Crippen molar-refractivity contribution in [1.82, 2.24) is 0 Å². The largest absolute Gasteiger partial charge is 0.468 e. The average molecular weight is 225 g/mol. The zero-order chi connectivity index (χ0) is 11.0. The summed E-state index contributed by atoms with van der Waals surface area (Å²) in [4.78, 5) is 23.1. The SMILES string of the molecule is COC(=O)C1Cc2c(Cl)cccc2C1=O. The molecule has 0 fully saturated rings. The first kappa shape index (κ1) is 10.2. The van der Waals surface area contributed by atoms with Gasteiger partial charge in [0.05, 0.1) is 7.11 Å². The van der Waals surface area contributed by atoms with E-state index in [0.29, 0.717) is 17.0 Å². The van der Waals surface area contributed by atoms with E-state index in [2.05, 4.69) is 4.74 Å². The second-order valence-corrected chi connectivity index (χ2v) is 3.82. The van der Waals surface area contributed by atoms with Crippen LogP contribution in [0.15, 0.2) is 18.2 Å². The maximum Gasteiger partial charge on any atom is 0.316 e. The molecule has 0 saturated carbocycles. The Balaban J connectivity index is 2.41. The summed E-state index contributed by atoms with van der Waals surface area (Å²) in [6.07, 6.45) is 0.348. The smallest absolute Gasteiger partial charge is 0.316 e. The maximum atomic E-state index is 11.8. The van der Waals surface area contributed by atoms with Crippen LogP contribution in [-0.4, -0.2) is 18.9 Å². The molecule has 0 N–H and O–H groups in total. The molecule has 0 radical (unpaired) electrons. The summed E-state index contributed by atoms with van der Waals surface area (Å²) >= 11 is 5.94. The van der Waals surface area contributed by atoms with Gasteiger partial charge in [-0.2, -0.15) is 0 Å². The summed E-state index contributed by atoms with van der Waals surface area (Å²) in [5, 5.41) is 0.534. The number of carbonyl (C=O) groups excluding carboxylic acids is 2. The summed E-state index contributed by atoms with van der Waals surface area (Å²) in [5.74, 6) is -1.41. The molecule has 4 heteroatoms. The monoisotopic (exact) mass is 224 g/mol. The van der Waals surface area contributed by atoms with Crippen LogP contribution < -0.4 is 0 Å². The van der Waals surface area contributed by atoms with Gasteiger partial charge in [-0.15, -0.1) is 0 Å². The minimum atomic E-state index is -0.718. The molecule has 1 unspecified atom stereocenters. The molecule has 3 nitrogen and oxygen atoms in total. The number of ether oxygens (including phenoxy) is 1. The molecule has 1 aromatic rings. The van der Waals surface area contributed by atoms with E-state index in [4.69, 9.17) is 11.6 Å². The number of hydrogen-bond donors (Lipinski definition) is 0. The predicted octanol–water partition coefficient (Wildman–Crippen LogP) is 1.87. The van der Waals surface area contributed by atoms with Crippen LogP contribution in [0, 0.1) is 5.92 Å². The summed E-state index contributed by atoms with van der Waals surface area (Å²) in [6, 6.07) is 5.11. The van der Waals surface area contributed by atoms with Crippen LogP contribution in [0.5, 0.6) is 0 Å². The average Bonchev–Trinajstić information content (AvgIpc) is 2.57. The predicted molar refractivity (Wildman–Crippen MR) is 55.0 cm³/mol. The second kappa shape index (κ2) is 3.66. The number of rotatable bonds is 1. The highest BCUT2D eigenvalue weighted by molar-refractivity contribution is 6.32. The molecule has 0 amide bonds. The van der Waals surface area contributed by atoms with Crippen molar-refractivity contribution in [2.24, 2.45) is 5.92 Å². The lowest BCUT2D eigenvalue weighted by Gasteiger charge is -2.03. The van der Waals surface area contributed by atoms with Crippen LogP contribution in [-0.2, 0) is 16.0 Å². The van der Waals surface area contributed by atoms with E-state index in [1.807, 2.05) is 0 Å². The number of methoxy groups -OCH3 is 1. The third kappa shape index (κ3) is 1.53. The lowest BCUT2D eigenvalue weighted by Crippen LogP contribution is -2.21. The molecule has 0 spiro atoms. The minimum absolute atomic E-state index is 0.195. The first-order valence-electron chi connectivity index (χ1n) is 4.54. The third-order valence-corrected chi connectivity index (χ3v) is 2.95. The lowest BCUT2D eigenvalue weighted by molar-refractivity contribution is -0.143. The topological polar surface area (TPSA) is 43.4 Å². The highest BCUT2D eigenvalue weighted by Gasteiger charge is 2.37. The third-order valence-electron chi connectivity index (χ3n) is 2.59. The molecule has 0 heterocycles. The normalized spacial score (nSPS) is 18.8. The molecule has 1 aliphatic rings. The van der Waals surface area contributed by atoms with Crippen molar-refractivity contribution in [3.05, 3.63) is 34.3 Å². The van der Waals surface area contributed by atoms with Crippen molar-refractivity contribution in [1.29, 1.82) is 0 Å². The van der Waals surface area contributed by atoms with Crippen LogP contribution >= 0.6 is 11.6 Å². The van der Waals surface area contributed by atoms with Crippen molar-refractivity contribution in [2.75, 3.05) is 7.11 Å². The van der Waals surface area contributed by atoms with Gasteiger partial charge >= 0.3 is 5.97 Å². The Hall–Kier alpha value is -1.35. The van der Waals surface area contributed by atoms with E-state index < -0.39 is 11.9 Å². The first-order chi connectivity index (χ1) is 7.15. The van der Waals surface area contributed by atoms with Gasteiger partial charge in [-0.05, 0) is 18.1 Å². The van der Waals surface area contributed by atoms with E-state index in [1.165, 1.54) is 7.11 Å². The molecular formula is C11H9ClO3. The number of halogens is 1. The zero-order valence-corrected chi connectivity index (χ0v) is 8.88. The van der Waals surface area contributed by atoms with Gasteiger partial charge in [0.15, 0.2) is 5.78 Å². The molecule has 1 aromatic carbocycles. The highest BCUT2D eigenvalue weighted by atomic mass is 35.5. The van der Waals surface area contributed by atoms with E-state index in [9.17, 15) is 9.59 Å². The van der Waals surface area contributed by atoms with Crippen molar-refractivity contribution in [2.45, 2.75) is 6.42 Å². The summed E-state index contributed by atoms with van der Waals surface area (Å²) < 4.78 is 4.57. The number of Topliss-reactive ketones (excluding diaryl/α,β-unsaturated/α-hetero) is 1. The Labute approximate surface area is 92.0 Å². The Morgan fingerprint density at radius 1 is 1.53 bits per heavy atom. The molecule has 0 saturated heterocycles. The van der Waals surface area contributed by atoms with E-state index in [-0.39, 0.29) is 5.78 Å². The van der Waals surface area contributed by atoms with Crippen LogP contribution in [0.3, 0.4) is 0 Å². The molecule has 2 rings (SSSR count). The molecule has 78 valence electrons. The Morgan fingerprint density at radius 3 is 2.87 bits per heavy atom. The Morgan fingerprint density at radius 2 is 2.27 bits per heavy atom.